The van der Waals surface area contributed by atoms with Crippen LogP contribution in [0.1, 0.15) is 51.2 Å². The number of fused-ring (bicyclic) bond motifs is 1. The molecule has 4 heteroatoms. The average molecular weight is 347 g/mol. The Morgan fingerprint density at radius 3 is 2.35 bits per heavy atom. The van der Waals surface area contributed by atoms with Crippen LogP contribution in [0.5, 0.6) is 0 Å². The summed E-state index contributed by atoms with van der Waals surface area (Å²) in [5.41, 5.74) is 4.10. The van der Waals surface area contributed by atoms with Crippen molar-refractivity contribution in [1.82, 2.24) is 0 Å². The highest BCUT2D eigenvalue weighted by Gasteiger charge is 2.51. The molecular weight excluding hydrogens is 321 g/mol. The molecule has 0 aliphatic carbocycles. The number of benzene rings is 2. The lowest BCUT2D eigenvalue weighted by atomic mass is 9.77. The monoisotopic (exact) mass is 347 g/mol. The molecule has 0 N–H and O–H groups in total. The van der Waals surface area contributed by atoms with Crippen LogP contribution in [0.2, 0.25) is 0 Å². The van der Waals surface area contributed by atoms with Crippen molar-refractivity contribution in [1.29, 1.82) is 0 Å². The fraction of sp³-hybridized carbons (Fsp3) is 0.409. The molecule has 26 heavy (non-hydrogen) atoms. The molecule has 1 unspecified atom stereocenters. The molecule has 1 fully saturated rings. The van der Waals surface area contributed by atoms with Crippen LogP contribution in [0.15, 0.2) is 53.5 Å². The van der Waals surface area contributed by atoms with Crippen LogP contribution in [0.4, 0.5) is 5.69 Å². The second-order valence-corrected chi connectivity index (χ2v) is 8.31. The average Bonchev–Trinajstić information content (AvgIpc) is 2.77. The van der Waals surface area contributed by atoms with Gasteiger partial charge in [0.25, 0.3) is 0 Å². The normalized spacial score (nSPS) is 23.5. The molecule has 0 radical (unpaired) electrons. The molecular formula is C22H26BNO2. The molecule has 2 heterocycles. The zero-order valence-corrected chi connectivity index (χ0v) is 16.0. The Morgan fingerprint density at radius 1 is 0.962 bits per heavy atom. The van der Waals surface area contributed by atoms with E-state index >= 15 is 0 Å². The van der Waals surface area contributed by atoms with Crippen molar-refractivity contribution >= 4 is 24.5 Å². The van der Waals surface area contributed by atoms with E-state index < -0.39 is 0 Å². The summed E-state index contributed by atoms with van der Waals surface area (Å²) >= 11 is 0. The van der Waals surface area contributed by atoms with Gasteiger partial charge in [-0.3, -0.25) is 4.99 Å². The third-order valence-electron chi connectivity index (χ3n) is 5.97. The molecule has 0 amide bonds. The standard InChI is InChI=1S/C22H26BNO2/c1-21(2)22(3,4)26-23(25-21)19-12-13-20-17(14-19)10-11-18(15-24-20)16-8-6-5-7-9-16/h5-9,12-15,18H,10-11H2,1-4H3. The van der Waals surface area contributed by atoms with E-state index in [1.807, 2.05) is 0 Å². The van der Waals surface area contributed by atoms with Gasteiger partial charge in [0.2, 0.25) is 0 Å². The first-order valence-electron chi connectivity index (χ1n) is 9.43. The van der Waals surface area contributed by atoms with Crippen molar-refractivity contribution in [2.75, 3.05) is 0 Å². The fourth-order valence-corrected chi connectivity index (χ4v) is 3.57. The molecule has 2 aromatic rings. The van der Waals surface area contributed by atoms with Crippen molar-refractivity contribution in [3.05, 3.63) is 59.7 Å². The minimum absolute atomic E-state index is 0.317. The summed E-state index contributed by atoms with van der Waals surface area (Å²) < 4.78 is 12.4. The van der Waals surface area contributed by atoms with Crippen molar-refractivity contribution in [2.45, 2.75) is 57.7 Å². The zero-order valence-electron chi connectivity index (χ0n) is 16.0. The van der Waals surface area contributed by atoms with Crippen LogP contribution in [0.25, 0.3) is 0 Å². The highest BCUT2D eigenvalue weighted by atomic mass is 16.7. The number of aryl methyl sites for hydroxylation is 1. The molecule has 2 aliphatic rings. The zero-order chi connectivity index (χ0) is 18.4. The van der Waals surface area contributed by atoms with Gasteiger partial charge in [-0.15, -0.1) is 0 Å². The number of aliphatic imine (C=N–C) groups is 1. The Kier molecular flexibility index (Phi) is 4.28. The van der Waals surface area contributed by atoms with Crippen molar-refractivity contribution in [3.8, 4) is 0 Å². The van der Waals surface area contributed by atoms with Gasteiger partial charge in [-0.25, -0.2) is 0 Å². The molecule has 3 nitrogen and oxygen atoms in total. The minimum Gasteiger partial charge on any atom is -0.399 e. The van der Waals surface area contributed by atoms with E-state index in [1.165, 1.54) is 11.1 Å². The maximum absolute atomic E-state index is 6.20. The molecule has 2 aliphatic heterocycles. The number of nitrogens with zero attached hydrogens (tertiary/aromatic N) is 1. The second-order valence-electron chi connectivity index (χ2n) is 8.31. The number of hydrogen-bond donors (Lipinski definition) is 0. The Morgan fingerprint density at radius 2 is 1.65 bits per heavy atom. The van der Waals surface area contributed by atoms with Crippen LogP contribution >= 0.6 is 0 Å². The molecule has 1 saturated heterocycles. The molecule has 134 valence electrons. The van der Waals surface area contributed by atoms with Crippen LogP contribution in [0.3, 0.4) is 0 Å². The third-order valence-corrected chi connectivity index (χ3v) is 5.97. The summed E-state index contributed by atoms with van der Waals surface area (Å²) in [5, 5.41) is 0. The lowest BCUT2D eigenvalue weighted by Crippen LogP contribution is -2.41. The highest BCUT2D eigenvalue weighted by Crippen LogP contribution is 2.37. The summed E-state index contributed by atoms with van der Waals surface area (Å²) in [4.78, 5) is 4.76. The predicted molar refractivity (Wildman–Crippen MR) is 108 cm³/mol. The maximum Gasteiger partial charge on any atom is 0.494 e. The van der Waals surface area contributed by atoms with E-state index in [0.717, 1.165) is 24.0 Å². The van der Waals surface area contributed by atoms with Crippen LogP contribution in [-0.4, -0.2) is 24.5 Å². The Hall–Kier alpha value is -1.91. The fourth-order valence-electron chi connectivity index (χ4n) is 3.57. The van der Waals surface area contributed by atoms with Gasteiger partial charge in [-0.05, 0) is 63.2 Å². The van der Waals surface area contributed by atoms with Gasteiger partial charge in [0, 0.05) is 12.1 Å². The van der Waals surface area contributed by atoms with Crippen LogP contribution in [0, 0.1) is 0 Å². The molecule has 0 spiro atoms. The Balaban J connectivity index is 1.56. The summed E-state index contributed by atoms with van der Waals surface area (Å²) in [7, 11) is -0.317. The SMILES string of the molecule is CC1(C)OB(c2ccc3c(c2)CCC(c2ccccc2)C=N3)OC1(C)C. The quantitative estimate of drug-likeness (QED) is 0.753. The predicted octanol–water partition coefficient (Wildman–Crippen LogP) is 4.42. The Bertz CT molecular complexity index is 813. The summed E-state index contributed by atoms with van der Waals surface area (Å²) in [6, 6.07) is 17.0. The van der Waals surface area contributed by atoms with Crippen LogP contribution < -0.4 is 5.46 Å². The van der Waals surface area contributed by atoms with Crippen molar-refractivity contribution in [2.24, 2.45) is 4.99 Å². The van der Waals surface area contributed by atoms with Crippen LogP contribution in [-0.2, 0) is 15.7 Å². The van der Waals surface area contributed by atoms with E-state index in [0.29, 0.717) is 5.92 Å². The van der Waals surface area contributed by atoms with Gasteiger partial charge >= 0.3 is 7.12 Å². The topological polar surface area (TPSA) is 30.8 Å². The van der Waals surface area contributed by atoms with E-state index in [4.69, 9.17) is 14.3 Å². The van der Waals surface area contributed by atoms with Crippen molar-refractivity contribution in [3.63, 3.8) is 0 Å². The smallest absolute Gasteiger partial charge is 0.399 e. The number of rotatable bonds is 2. The van der Waals surface area contributed by atoms with Gasteiger partial charge in [0.05, 0.1) is 16.9 Å². The lowest BCUT2D eigenvalue weighted by Gasteiger charge is -2.32. The van der Waals surface area contributed by atoms with E-state index in [2.05, 4.69) is 82.4 Å². The lowest BCUT2D eigenvalue weighted by molar-refractivity contribution is 0.00578. The van der Waals surface area contributed by atoms with Gasteiger partial charge in [0.15, 0.2) is 0 Å². The second kappa shape index (κ2) is 6.36. The third kappa shape index (κ3) is 3.12. The highest BCUT2D eigenvalue weighted by molar-refractivity contribution is 6.62. The van der Waals surface area contributed by atoms with E-state index in [9.17, 15) is 0 Å². The van der Waals surface area contributed by atoms with Crippen molar-refractivity contribution < 1.29 is 9.31 Å². The summed E-state index contributed by atoms with van der Waals surface area (Å²) in [6.45, 7) is 8.35. The minimum atomic E-state index is -0.318. The molecule has 2 aromatic carbocycles. The van der Waals surface area contributed by atoms with Gasteiger partial charge in [-0.1, -0.05) is 42.5 Å². The first-order chi connectivity index (χ1) is 12.4. The first-order valence-corrected chi connectivity index (χ1v) is 9.43. The Labute approximate surface area is 156 Å². The largest absolute Gasteiger partial charge is 0.494 e. The first kappa shape index (κ1) is 17.5. The number of hydrogen-bond acceptors (Lipinski definition) is 3. The van der Waals surface area contributed by atoms with Gasteiger partial charge in [-0.2, -0.15) is 0 Å². The summed E-state index contributed by atoms with van der Waals surface area (Å²) in [6.07, 6.45) is 4.16. The maximum atomic E-state index is 6.20. The molecule has 0 bridgehead atoms. The molecule has 0 saturated carbocycles. The molecule has 1 atom stereocenters. The summed E-state index contributed by atoms with van der Waals surface area (Å²) in [5.74, 6) is 0.365. The van der Waals surface area contributed by atoms with E-state index in [-0.39, 0.29) is 18.3 Å². The molecule has 0 aromatic heterocycles. The van der Waals surface area contributed by atoms with Gasteiger partial charge < -0.3 is 9.31 Å². The van der Waals surface area contributed by atoms with E-state index in [1.54, 1.807) is 0 Å². The molecule has 4 rings (SSSR count). The van der Waals surface area contributed by atoms with Gasteiger partial charge in [0.1, 0.15) is 0 Å².